The van der Waals surface area contributed by atoms with Crippen molar-refractivity contribution >= 4 is 29.2 Å². The molecule has 2 aliphatic heterocycles. The molecule has 0 saturated carbocycles. The second-order valence-electron chi connectivity index (χ2n) is 6.21. The monoisotopic (exact) mass is 345 g/mol. The van der Waals surface area contributed by atoms with Crippen LogP contribution in [0.5, 0.6) is 0 Å². The third kappa shape index (κ3) is 3.47. The van der Waals surface area contributed by atoms with E-state index in [0.717, 1.165) is 0 Å². The third-order valence-electron chi connectivity index (χ3n) is 4.52. The first-order chi connectivity index (χ1) is 12.0. The molecule has 0 aliphatic carbocycles. The maximum absolute atomic E-state index is 12.7. The van der Waals surface area contributed by atoms with E-state index < -0.39 is 23.9 Å². The Labute approximate surface area is 144 Å². The molecule has 2 N–H and O–H groups in total. The molecular weight excluding hydrogens is 326 g/mol. The van der Waals surface area contributed by atoms with E-state index in [2.05, 4.69) is 5.10 Å². The SMILES string of the molecule is O=C(O)C1CCCN(C(=O)C2=NN(c3ccccc3)C(C(=O)O)C2)C1. The number of nitrogens with zero attached hydrogens (tertiary/aromatic N) is 3. The number of rotatable bonds is 4. The lowest BCUT2D eigenvalue weighted by Crippen LogP contribution is -2.45. The zero-order chi connectivity index (χ0) is 18.0. The van der Waals surface area contributed by atoms with Crippen molar-refractivity contribution < 1.29 is 24.6 Å². The van der Waals surface area contributed by atoms with Crippen LogP contribution in [0.3, 0.4) is 0 Å². The Balaban J connectivity index is 1.80. The van der Waals surface area contributed by atoms with Crippen molar-refractivity contribution in [1.82, 2.24) is 4.90 Å². The minimum absolute atomic E-state index is 0.00268. The number of benzene rings is 1. The maximum atomic E-state index is 12.7. The van der Waals surface area contributed by atoms with Crippen molar-refractivity contribution in [1.29, 1.82) is 0 Å². The molecule has 0 aromatic heterocycles. The second kappa shape index (κ2) is 6.92. The Morgan fingerprint density at radius 2 is 1.80 bits per heavy atom. The van der Waals surface area contributed by atoms with Gasteiger partial charge in [-0.2, -0.15) is 5.10 Å². The van der Waals surface area contributed by atoms with E-state index in [0.29, 0.717) is 25.1 Å². The van der Waals surface area contributed by atoms with Gasteiger partial charge in [0.1, 0.15) is 5.71 Å². The van der Waals surface area contributed by atoms with Crippen LogP contribution in [0, 0.1) is 5.92 Å². The Bertz CT molecular complexity index is 718. The largest absolute Gasteiger partial charge is 0.481 e. The van der Waals surface area contributed by atoms with Crippen LogP contribution in [0.4, 0.5) is 5.69 Å². The van der Waals surface area contributed by atoms with Crippen LogP contribution < -0.4 is 5.01 Å². The highest BCUT2D eigenvalue weighted by Gasteiger charge is 2.39. The molecule has 8 heteroatoms. The molecule has 1 amide bonds. The van der Waals surface area contributed by atoms with E-state index in [-0.39, 0.29) is 24.6 Å². The molecule has 1 saturated heterocycles. The number of aliphatic carboxylic acids is 2. The summed E-state index contributed by atoms with van der Waals surface area (Å²) in [6, 6.07) is 7.87. The van der Waals surface area contributed by atoms with Gasteiger partial charge in [0, 0.05) is 19.5 Å². The number of likely N-dealkylation sites (tertiary alicyclic amines) is 1. The number of hydrogen-bond donors (Lipinski definition) is 2. The minimum atomic E-state index is -1.06. The molecule has 0 spiro atoms. The summed E-state index contributed by atoms with van der Waals surface area (Å²) in [6.07, 6.45) is 1.15. The lowest BCUT2D eigenvalue weighted by atomic mass is 9.97. The summed E-state index contributed by atoms with van der Waals surface area (Å²) >= 11 is 0. The van der Waals surface area contributed by atoms with E-state index >= 15 is 0 Å². The molecule has 1 fully saturated rings. The van der Waals surface area contributed by atoms with Crippen LogP contribution in [0.15, 0.2) is 35.4 Å². The molecule has 1 aromatic carbocycles. The summed E-state index contributed by atoms with van der Waals surface area (Å²) in [5.74, 6) is -2.94. The highest BCUT2D eigenvalue weighted by atomic mass is 16.4. The molecule has 132 valence electrons. The van der Waals surface area contributed by atoms with Crippen LogP contribution in [0.2, 0.25) is 0 Å². The number of carbonyl (C=O) groups is 3. The molecule has 3 rings (SSSR count). The maximum Gasteiger partial charge on any atom is 0.328 e. The van der Waals surface area contributed by atoms with Gasteiger partial charge in [-0.05, 0) is 25.0 Å². The summed E-state index contributed by atoms with van der Waals surface area (Å²) in [6.45, 7) is 0.598. The summed E-state index contributed by atoms with van der Waals surface area (Å²) in [5, 5.41) is 24.2. The fraction of sp³-hybridized carbons (Fsp3) is 0.412. The number of hydrogen-bond acceptors (Lipinski definition) is 5. The summed E-state index contributed by atoms with van der Waals surface area (Å²) in [7, 11) is 0. The molecule has 0 radical (unpaired) electrons. The quantitative estimate of drug-likeness (QED) is 0.843. The summed E-state index contributed by atoms with van der Waals surface area (Å²) in [5.41, 5.74) is 0.752. The molecule has 8 nitrogen and oxygen atoms in total. The van der Waals surface area contributed by atoms with Gasteiger partial charge in [0.2, 0.25) is 0 Å². The van der Waals surface area contributed by atoms with Gasteiger partial charge in [-0.15, -0.1) is 0 Å². The zero-order valence-electron chi connectivity index (χ0n) is 13.5. The van der Waals surface area contributed by atoms with Crippen molar-refractivity contribution in [3.8, 4) is 0 Å². The number of piperidine rings is 1. The van der Waals surface area contributed by atoms with Crippen molar-refractivity contribution in [2.75, 3.05) is 18.1 Å². The summed E-state index contributed by atoms with van der Waals surface area (Å²) in [4.78, 5) is 36.9. The summed E-state index contributed by atoms with van der Waals surface area (Å²) < 4.78 is 0. The van der Waals surface area contributed by atoms with Crippen LogP contribution >= 0.6 is 0 Å². The third-order valence-corrected chi connectivity index (χ3v) is 4.52. The van der Waals surface area contributed by atoms with Gasteiger partial charge in [0.15, 0.2) is 6.04 Å². The highest BCUT2D eigenvalue weighted by molar-refractivity contribution is 6.40. The van der Waals surface area contributed by atoms with Crippen molar-refractivity contribution in [3.63, 3.8) is 0 Å². The minimum Gasteiger partial charge on any atom is -0.481 e. The fourth-order valence-corrected chi connectivity index (χ4v) is 3.20. The predicted octanol–water partition coefficient (Wildman–Crippen LogP) is 1.03. The van der Waals surface area contributed by atoms with E-state index in [1.54, 1.807) is 24.3 Å². The molecule has 2 aliphatic rings. The molecule has 2 heterocycles. The lowest BCUT2D eigenvalue weighted by molar-refractivity contribution is -0.144. The fourth-order valence-electron chi connectivity index (χ4n) is 3.20. The molecule has 25 heavy (non-hydrogen) atoms. The zero-order valence-corrected chi connectivity index (χ0v) is 13.5. The van der Waals surface area contributed by atoms with E-state index in [1.165, 1.54) is 9.91 Å². The molecule has 2 unspecified atom stereocenters. The number of carboxylic acid groups (broad SMARTS) is 2. The van der Waals surface area contributed by atoms with Gasteiger partial charge in [0.25, 0.3) is 5.91 Å². The lowest BCUT2D eigenvalue weighted by Gasteiger charge is -2.30. The van der Waals surface area contributed by atoms with Crippen LogP contribution in [0.25, 0.3) is 0 Å². The Morgan fingerprint density at radius 3 is 2.44 bits per heavy atom. The topological polar surface area (TPSA) is 111 Å². The average Bonchev–Trinajstić information content (AvgIpc) is 3.07. The normalized spacial score (nSPS) is 23.3. The second-order valence-corrected chi connectivity index (χ2v) is 6.21. The first-order valence-corrected chi connectivity index (χ1v) is 8.14. The molecular formula is C17H19N3O5. The number of carbonyl (C=O) groups excluding carboxylic acids is 1. The van der Waals surface area contributed by atoms with E-state index in [4.69, 9.17) is 5.11 Å². The van der Waals surface area contributed by atoms with Gasteiger partial charge in [0.05, 0.1) is 11.6 Å². The van der Waals surface area contributed by atoms with Crippen LogP contribution in [-0.4, -0.2) is 57.8 Å². The Hall–Kier alpha value is -2.90. The van der Waals surface area contributed by atoms with Crippen molar-refractivity contribution in [2.45, 2.75) is 25.3 Å². The highest BCUT2D eigenvalue weighted by Crippen LogP contribution is 2.26. The smallest absolute Gasteiger partial charge is 0.328 e. The Morgan fingerprint density at radius 1 is 1.08 bits per heavy atom. The molecule has 1 aromatic rings. The standard InChI is InChI=1S/C17H19N3O5/c21-15(19-8-4-5-11(10-19)16(22)23)13-9-14(17(24)25)20(18-13)12-6-2-1-3-7-12/h1-3,6-7,11,14H,4-5,8-10H2,(H,22,23)(H,24,25). The van der Waals surface area contributed by atoms with Gasteiger partial charge in [-0.1, -0.05) is 18.2 Å². The van der Waals surface area contributed by atoms with Gasteiger partial charge in [-0.3, -0.25) is 14.6 Å². The predicted molar refractivity (Wildman–Crippen MR) is 89.3 cm³/mol. The first-order valence-electron chi connectivity index (χ1n) is 8.14. The van der Waals surface area contributed by atoms with E-state index in [1.807, 2.05) is 6.07 Å². The van der Waals surface area contributed by atoms with Gasteiger partial charge < -0.3 is 15.1 Å². The number of amides is 1. The number of anilines is 1. The first kappa shape index (κ1) is 16.9. The molecule has 2 atom stereocenters. The Kier molecular flexibility index (Phi) is 4.69. The number of hydrazone groups is 1. The average molecular weight is 345 g/mol. The molecule has 0 bridgehead atoms. The van der Waals surface area contributed by atoms with Gasteiger partial charge in [-0.25, -0.2) is 4.79 Å². The van der Waals surface area contributed by atoms with Crippen LogP contribution in [-0.2, 0) is 14.4 Å². The van der Waals surface area contributed by atoms with Crippen molar-refractivity contribution in [2.24, 2.45) is 11.0 Å². The number of para-hydroxylation sites is 1. The van der Waals surface area contributed by atoms with Gasteiger partial charge >= 0.3 is 11.9 Å². The van der Waals surface area contributed by atoms with Crippen molar-refractivity contribution in [3.05, 3.63) is 30.3 Å². The van der Waals surface area contributed by atoms with E-state index in [9.17, 15) is 19.5 Å². The number of carboxylic acids is 2. The van der Waals surface area contributed by atoms with Crippen LogP contribution in [0.1, 0.15) is 19.3 Å².